The first-order chi connectivity index (χ1) is 11.9. The number of hydrogen-bond donors (Lipinski definition) is 1. The summed E-state index contributed by atoms with van der Waals surface area (Å²) in [6, 6.07) is 2.26. The molecule has 2 unspecified atom stereocenters. The lowest BCUT2D eigenvalue weighted by atomic mass is 10.2. The second-order valence-electron chi connectivity index (χ2n) is 6.43. The first-order valence-corrected chi connectivity index (χ1v) is 8.04. The standard InChI is InChI=1S/C16H17F2N3O4/c1-8(22)19-4-10-5-21(16(23)24-10)9-2-11(17)15(12(18)3-9)20-6-13-14(7-20)25-13/h2-3,10,13-14H,4-7H2,1H3,(H,19,22)/t10-,13?,14?/m0/s1. The van der Waals surface area contributed by atoms with E-state index in [9.17, 15) is 18.4 Å². The number of cyclic esters (lactones) is 1. The van der Waals surface area contributed by atoms with E-state index in [-0.39, 0.29) is 42.6 Å². The van der Waals surface area contributed by atoms with Crippen molar-refractivity contribution in [3.05, 3.63) is 23.8 Å². The second-order valence-corrected chi connectivity index (χ2v) is 6.43. The van der Waals surface area contributed by atoms with Crippen molar-refractivity contribution in [2.45, 2.75) is 25.2 Å². The van der Waals surface area contributed by atoms with Gasteiger partial charge in [-0.3, -0.25) is 9.69 Å². The summed E-state index contributed by atoms with van der Waals surface area (Å²) in [6.07, 6.45) is -1.15. The molecule has 0 aliphatic carbocycles. The minimum absolute atomic E-state index is 0.0570. The molecule has 0 spiro atoms. The number of fused-ring (bicyclic) bond motifs is 1. The summed E-state index contributed by atoms with van der Waals surface area (Å²) >= 11 is 0. The maximum Gasteiger partial charge on any atom is 0.414 e. The summed E-state index contributed by atoms with van der Waals surface area (Å²) < 4.78 is 39.3. The van der Waals surface area contributed by atoms with E-state index in [1.165, 1.54) is 6.92 Å². The highest BCUT2D eigenvalue weighted by molar-refractivity contribution is 5.90. The maximum absolute atomic E-state index is 14.5. The summed E-state index contributed by atoms with van der Waals surface area (Å²) in [5.41, 5.74) is -0.00316. The third-order valence-corrected chi connectivity index (χ3v) is 4.57. The Hall–Kier alpha value is -2.42. The molecule has 0 aromatic heterocycles. The number of anilines is 2. The van der Waals surface area contributed by atoms with Crippen LogP contribution in [0.2, 0.25) is 0 Å². The Labute approximate surface area is 142 Å². The summed E-state index contributed by atoms with van der Waals surface area (Å²) in [5, 5.41) is 2.55. The van der Waals surface area contributed by atoms with E-state index in [4.69, 9.17) is 9.47 Å². The molecule has 1 aromatic carbocycles. The van der Waals surface area contributed by atoms with Crippen LogP contribution >= 0.6 is 0 Å². The number of rotatable bonds is 4. The Bertz CT molecular complexity index is 711. The molecule has 0 saturated carbocycles. The molecule has 1 aromatic rings. The number of morpholine rings is 1. The number of amides is 2. The Kier molecular flexibility index (Phi) is 3.75. The predicted octanol–water partition coefficient (Wildman–Crippen LogP) is 1.01. The van der Waals surface area contributed by atoms with Crippen LogP contribution < -0.4 is 15.1 Å². The highest BCUT2D eigenvalue weighted by Crippen LogP contribution is 2.37. The maximum atomic E-state index is 14.5. The van der Waals surface area contributed by atoms with E-state index < -0.39 is 23.8 Å². The lowest BCUT2D eigenvalue weighted by Gasteiger charge is -2.22. The number of nitrogens with one attached hydrogen (secondary N) is 1. The number of carbonyl (C=O) groups is 2. The highest BCUT2D eigenvalue weighted by Gasteiger charge is 2.48. The number of carbonyl (C=O) groups excluding carboxylic acids is 2. The quantitative estimate of drug-likeness (QED) is 0.818. The molecule has 3 saturated heterocycles. The van der Waals surface area contributed by atoms with Gasteiger partial charge >= 0.3 is 6.09 Å². The molecule has 9 heteroatoms. The first kappa shape index (κ1) is 16.1. The van der Waals surface area contributed by atoms with Gasteiger partial charge in [0, 0.05) is 32.1 Å². The van der Waals surface area contributed by atoms with Gasteiger partial charge in [-0.15, -0.1) is 0 Å². The van der Waals surface area contributed by atoms with Gasteiger partial charge in [0.2, 0.25) is 5.91 Å². The van der Waals surface area contributed by atoms with Crippen LogP contribution in [0.1, 0.15) is 6.92 Å². The lowest BCUT2D eigenvalue weighted by Crippen LogP contribution is -2.33. The molecule has 134 valence electrons. The predicted molar refractivity (Wildman–Crippen MR) is 83.5 cm³/mol. The minimum atomic E-state index is -0.727. The van der Waals surface area contributed by atoms with Crippen LogP contribution in [0, 0.1) is 11.6 Å². The van der Waals surface area contributed by atoms with Crippen LogP contribution in [0.4, 0.5) is 25.0 Å². The fraction of sp³-hybridized carbons (Fsp3) is 0.500. The summed E-state index contributed by atoms with van der Waals surface area (Å²) in [5.74, 6) is -1.70. The first-order valence-electron chi connectivity index (χ1n) is 8.04. The number of benzene rings is 1. The molecule has 0 bridgehead atoms. The molecule has 0 radical (unpaired) electrons. The largest absolute Gasteiger partial charge is 0.442 e. The van der Waals surface area contributed by atoms with Gasteiger partial charge in [0.15, 0.2) is 11.6 Å². The van der Waals surface area contributed by atoms with Crippen LogP contribution in [-0.2, 0) is 14.3 Å². The number of ether oxygens (including phenoxy) is 2. The van der Waals surface area contributed by atoms with E-state index in [0.29, 0.717) is 13.1 Å². The van der Waals surface area contributed by atoms with Crippen LogP contribution in [0.15, 0.2) is 12.1 Å². The van der Waals surface area contributed by atoms with Gasteiger partial charge in [-0.2, -0.15) is 0 Å². The number of nitrogens with zero attached hydrogens (tertiary/aromatic N) is 2. The Morgan fingerprint density at radius 1 is 1.24 bits per heavy atom. The smallest absolute Gasteiger partial charge is 0.414 e. The zero-order valence-electron chi connectivity index (χ0n) is 13.5. The van der Waals surface area contributed by atoms with Gasteiger partial charge in [-0.05, 0) is 0 Å². The topological polar surface area (TPSA) is 74.4 Å². The molecule has 4 rings (SSSR count). The van der Waals surface area contributed by atoms with Crippen molar-refractivity contribution >= 4 is 23.4 Å². The molecular weight excluding hydrogens is 336 g/mol. The van der Waals surface area contributed by atoms with Gasteiger partial charge in [0.05, 0.1) is 18.8 Å². The van der Waals surface area contributed by atoms with E-state index >= 15 is 0 Å². The zero-order valence-corrected chi connectivity index (χ0v) is 13.5. The third-order valence-electron chi connectivity index (χ3n) is 4.57. The third kappa shape index (κ3) is 2.99. The second kappa shape index (κ2) is 5.83. The molecule has 3 atom stereocenters. The van der Waals surface area contributed by atoms with Gasteiger partial charge in [0.1, 0.15) is 24.0 Å². The van der Waals surface area contributed by atoms with Crippen LogP contribution in [0.5, 0.6) is 0 Å². The van der Waals surface area contributed by atoms with E-state index in [0.717, 1.165) is 17.0 Å². The van der Waals surface area contributed by atoms with Crippen molar-refractivity contribution in [1.29, 1.82) is 0 Å². The molecule has 1 N–H and O–H groups in total. The normalized spacial score (nSPS) is 27.3. The lowest BCUT2D eigenvalue weighted by molar-refractivity contribution is -0.119. The molecule has 3 aliphatic rings. The van der Waals surface area contributed by atoms with Gasteiger partial charge < -0.3 is 19.7 Å². The molecule has 3 heterocycles. The van der Waals surface area contributed by atoms with Crippen molar-refractivity contribution < 1.29 is 27.8 Å². The van der Waals surface area contributed by atoms with E-state index in [1.54, 1.807) is 4.90 Å². The van der Waals surface area contributed by atoms with E-state index in [1.807, 2.05) is 0 Å². The number of halogens is 2. The number of hydrogen-bond acceptors (Lipinski definition) is 5. The van der Waals surface area contributed by atoms with Gasteiger partial charge in [-0.1, -0.05) is 0 Å². The van der Waals surface area contributed by atoms with Crippen molar-refractivity contribution in [3.8, 4) is 0 Å². The van der Waals surface area contributed by atoms with Crippen molar-refractivity contribution in [3.63, 3.8) is 0 Å². The zero-order chi connectivity index (χ0) is 17.7. The number of epoxide rings is 1. The summed E-state index contributed by atoms with van der Waals surface area (Å²) in [7, 11) is 0. The van der Waals surface area contributed by atoms with Gasteiger partial charge in [0.25, 0.3) is 0 Å². The van der Waals surface area contributed by atoms with Crippen LogP contribution in [0.3, 0.4) is 0 Å². The monoisotopic (exact) mass is 353 g/mol. The fourth-order valence-corrected chi connectivity index (χ4v) is 3.30. The van der Waals surface area contributed by atoms with E-state index in [2.05, 4.69) is 5.32 Å². The summed E-state index contributed by atoms with van der Waals surface area (Å²) in [4.78, 5) is 25.7. The molecule has 7 nitrogen and oxygen atoms in total. The van der Waals surface area contributed by atoms with Crippen LogP contribution in [-0.4, -0.2) is 56.5 Å². The average Bonchev–Trinajstić information content (AvgIpc) is 2.97. The molecular formula is C16H17F2N3O4. The van der Waals surface area contributed by atoms with Crippen molar-refractivity contribution in [1.82, 2.24) is 5.32 Å². The average molecular weight is 353 g/mol. The van der Waals surface area contributed by atoms with Gasteiger partial charge in [-0.25, -0.2) is 13.6 Å². The SMILES string of the molecule is CC(=O)NC[C@H]1CN(c2cc(F)c(N3CC4OC4C3)c(F)c2)C(=O)O1. The van der Waals surface area contributed by atoms with Crippen LogP contribution in [0.25, 0.3) is 0 Å². The van der Waals surface area contributed by atoms with Crippen molar-refractivity contribution in [2.75, 3.05) is 36.0 Å². The Balaban J connectivity index is 1.51. The molecule has 3 fully saturated rings. The Morgan fingerprint density at radius 2 is 1.88 bits per heavy atom. The highest BCUT2D eigenvalue weighted by atomic mass is 19.1. The minimum Gasteiger partial charge on any atom is -0.442 e. The molecule has 25 heavy (non-hydrogen) atoms. The molecule has 2 amide bonds. The summed E-state index contributed by atoms with van der Waals surface area (Å²) in [6.45, 7) is 2.53. The Morgan fingerprint density at radius 3 is 2.48 bits per heavy atom. The van der Waals surface area contributed by atoms with Crippen molar-refractivity contribution in [2.24, 2.45) is 0 Å². The molecule has 3 aliphatic heterocycles. The fourth-order valence-electron chi connectivity index (χ4n) is 3.30.